The number of hydrogen-bond acceptors (Lipinski definition) is 3. The first-order valence-electron chi connectivity index (χ1n) is 6.66. The van der Waals surface area contributed by atoms with Gasteiger partial charge in [0.25, 0.3) is 0 Å². The molecule has 2 aromatic rings. The molecular formula is C15H18N2O. The van der Waals surface area contributed by atoms with Crippen molar-refractivity contribution < 1.29 is 4.52 Å². The third-order valence-electron chi connectivity index (χ3n) is 3.59. The summed E-state index contributed by atoms with van der Waals surface area (Å²) in [6.07, 6.45) is 3.44. The van der Waals surface area contributed by atoms with Crippen LogP contribution in [0.1, 0.15) is 37.1 Å². The number of nitrogens with zero attached hydrogens (tertiary/aromatic N) is 1. The fraction of sp³-hybridized carbons (Fsp3) is 0.400. The molecule has 1 aliphatic rings. The SMILES string of the molecule is CCc1ccc(-c2cc(C3CCCN3)no2)cc1. The Kier molecular flexibility index (Phi) is 3.15. The van der Waals surface area contributed by atoms with E-state index in [1.54, 1.807) is 0 Å². The number of nitrogens with one attached hydrogen (secondary N) is 1. The lowest BCUT2D eigenvalue weighted by Crippen LogP contribution is -2.12. The normalized spacial score (nSPS) is 19.3. The van der Waals surface area contributed by atoms with Gasteiger partial charge in [0, 0.05) is 11.6 Å². The minimum absolute atomic E-state index is 0.373. The van der Waals surface area contributed by atoms with Crippen molar-refractivity contribution in [1.29, 1.82) is 0 Å². The molecular weight excluding hydrogens is 224 g/mol. The quantitative estimate of drug-likeness (QED) is 0.897. The molecule has 0 spiro atoms. The topological polar surface area (TPSA) is 38.1 Å². The lowest BCUT2D eigenvalue weighted by atomic mass is 10.1. The van der Waals surface area contributed by atoms with Crippen LogP contribution in [0.4, 0.5) is 0 Å². The van der Waals surface area contributed by atoms with Crippen LogP contribution >= 0.6 is 0 Å². The van der Waals surface area contributed by atoms with Crippen LogP contribution in [0.3, 0.4) is 0 Å². The third kappa shape index (κ3) is 2.18. The summed E-state index contributed by atoms with van der Waals surface area (Å²) in [6.45, 7) is 3.24. The van der Waals surface area contributed by atoms with Crippen molar-refractivity contribution in [3.8, 4) is 11.3 Å². The fourth-order valence-electron chi connectivity index (χ4n) is 2.43. The fourth-order valence-corrected chi connectivity index (χ4v) is 2.43. The molecule has 0 radical (unpaired) electrons. The molecule has 1 saturated heterocycles. The average molecular weight is 242 g/mol. The van der Waals surface area contributed by atoms with Gasteiger partial charge in [-0.25, -0.2) is 0 Å². The van der Waals surface area contributed by atoms with Gasteiger partial charge in [0.15, 0.2) is 5.76 Å². The lowest BCUT2D eigenvalue weighted by Gasteiger charge is -2.03. The summed E-state index contributed by atoms with van der Waals surface area (Å²) in [4.78, 5) is 0. The van der Waals surface area contributed by atoms with Gasteiger partial charge in [-0.2, -0.15) is 0 Å². The summed E-state index contributed by atoms with van der Waals surface area (Å²) >= 11 is 0. The number of aromatic nitrogens is 1. The minimum atomic E-state index is 0.373. The number of rotatable bonds is 3. The first-order valence-corrected chi connectivity index (χ1v) is 6.66. The molecule has 0 saturated carbocycles. The second-order valence-electron chi connectivity index (χ2n) is 4.82. The van der Waals surface area contributed by atoms with Gasteiger partial charge < -0.3 is 9.84 Å². The van der Waals surface area contributed by atoms with Crippen LogP contribution < -0.4 is 5.32 Å². The average Bonchev–Trinajstić information content (AvgIpc) is 3.09. The van der Waals surface area contributed by atoms with E-state index in [1.165, 1.54) is 12.0 Å². The second kappa shape index (κ2) is 4.94. The van der Waals surface area contributed by atoms with Crippen LogP contribution in [0, 0.1) is 0 Å². The summed E-state index contributed by atoms with van der Waals surface area (Å²) in [5, 5.41) is 7.61. The zero-order chi connectivity index (χ0) is 12.4. The Labute approximate surface area is 107 Å². The van der Waals surface area contributed by atoms with E-state index >= 15 is 0 Å². The van der Waals surface area contributed by atoms with Gasteiger partial charge in [0.05, 0.1) is 6.04 Å². The maximum absolute atomic E-state index is 5.45. The highest BCUT2D eigenvalue weighted by molar-refractivity contribution is 5.57. The van der Waals surface area contributed by atoms with E-state index in [0.29, 0.717) is 6.04 Å². The zero-order valence-electron chi connectivity index (χ0n) is 10.6. The number of benzene rings is 1. The molecule has 18 heavy (non-hydrogen) atoms. The maximum atomic E-state index is 5.45. The van der Waals surface area contributed by atoms with E-state index in [2.05, 4.69) is 47.7 Å². The molecule has 3 rings (SSSR count). The molecule has 1 fully saturated rings. The molecule has 1 unspecified atom stereocenters. The summed E-state index contributed by atoms with van der Waals surface area (Å²) < 4.78 is 5.45. The molecule has 0 aliphatic carbocycles. The first-order chi connectivity index (χ1) is 8.86. The van der Waals surface area contributed by atoms with E-state index in [9.17, 15) is 0 Å². The molecule has 3 heteroatoms. The van der Waals surface area contributed by atoms with Crippen LogP contribution in [0.15, 0.2) is 34.9 Å². The van der Waals surface area contributed by atoms with Gasteiger partial charge in [-0.15, -0.1) is 0 Å². The Morgan fingerprint density at radius 2 is 2.17 bits per heavy atom. The molecule has 1 atom stereocenters. The molecule has 0 amide bonds. The highest BCUT2D eigenvalue weighted by atomic mass is 16.5. The van der Waals surface area contributed by atoms with Gasteiger partial charge >= 0.3 is 0 Å². The van der Waals surface area contributed by atoms with Crippen LogP contribution in [0.5, 0.6) is 0 Å². The van der Waals surface area contributed by atoms with Crippen LogP contribution in [0.25, 0.3) is 11.3 Å². The lowest BCUT2D eigenvalue weighted by molar-refractivity contribution is 0.412. The van der Waals surface area contributed by atoms with Crippen LogP contribution in [0.2, 0.25) is 0 Å². The van der Waals surface area contributed by atoms with Crippen molar-refractivity contribution in [2.24, 2.45) is 0 Å². The Morgan fingerprint density at radius 3 is 2.83 bits per heavy atom. The zero-order valence-corrected chi connectivity index (χ0v) is 10.6. The Bertz CT molecular complexity index is 510. The Balaban J connectivity index is 1.82. The first kappa shape index (κ1) is 11.5. The van der Waals surface area contributed by atoms with Crippen molar-refractivity contribution in [3.63, 3.8) is 0 Å². The maximum Gasteiger partial charge on any atom is 0.167 e. The Morgan fingerprint density at radius 1 is 1.33 bits per heavy atom. The van der Waals surface area contributed by atoms with Gasteiger partial charge in [0.2, 0.25) is 0 Å². The van der Waals surface area contributed by atoms with E-state index in [-0.39, 0.29) is 0 Å². The second-order valence-corrected chi connectivity index (χ2v) is 4.82. The van der Waals surface area contributed by atoms with Crippen molar-refractivity contribution >= 4 is 0 Å². The van der Waals surface area contributed by atoms with Crippen molar-refractivity contribution in [2.45, 2.75) is 32.2 Å². The molecule has 94 valence electrons. The smallest absolute Gasteiger partial charge is 0.167 e. The van der Waals surface area contributed by atoms with Crippen molar-refractivity contribution in [2.75, 3.05) is 6.54 Å². The van der Waals surface area contributed by atoms with E-state index in [0.717, 1.165) is 36.4 Å². The third-order valence-corrected chi connectivity index (χ3v) is 3.59. The molecule has 2 heterocycles. The Hall–Kier alpha value is -1.61. The molecule has 1 N–H and O–H groups in total. The summed E-state index contributed by atoms with van der Waals surface area (Å²) in [7, 11) is 0. The molecule has 1 aromatic carbocycles. The molecule has 0 bridgehead atoms. The van der Waals surface area contributed by atoms with Crippen LogP contribution in [-0.4, -0.2) is 11.7 Å². The van der Waals surface area contributed by atoms with Gasteiger partial charge in [-0.3, -0.25) is 0 Å². The summed E-state index contributed by atoms with van der Waals surface area (Å²) in [5.74, 6) is 0.862. The summed E-state index contributed by atoms with van der Waals surface area (Å²) in [6, 6.07) is 10.9. The van der Waals surface area contributed by atoms with E-state index in [4.69, 9.17) is 4.52 Å². The highest BCUT2D eigenvalue weighted by Crippen LogP contribution is 2.27. The van der Waals surface area contributed by atoms with E-state index < -0.39 is 0 Å². The predicted molar refractivity (Wildman–Crippen MR) is 71.3 cm³/mol. The molecule has 1 aliphatic heterocycles. The van der Waals surface area contributed by atoms with Gasteiger partial charge in [0.1, 0.15) is 5.69 Å². The number of hydrogen-bond donors (Lipinski definition) is 1. The van der Waals surface area contributed by atoms with Gasteiger partial charge in [-0.05, 0) is 31.4 Å². The van der Waals surface area contributed by atoms with Crippen molar-refractivity contribution in [1.82, 2.24) is 10.5 Å². The molecule has 3 nitrogen and oxygen atoms in total. The van der Waals surface area contributed by atoms with Crippen LogP contribution in [-0.2, 0) is 6.42 Å². The highest BCUT2D eigenvalue weighted by Gasteiger charge is 2.20. The van der Waals surface area contributed by atoms with E-state index in [1.807, 2.05) is 0 Å². The summed E-state index contributed by atoms with van der Waals surface area (Å²) in [5.41, 5.74) is 3.47. The molecule has 1 aromatic heterocycles. The monoisotopic (exact) mass is 242 g/mol. The van der Waals surface area contributed by atoms with Crippen molar-refractivity contribution in [3.05, 3.63) is 41.6 Å². The number of aryl methyl sites for hydroxylation is 1. The minimum Gasteiger partial charge on any atom is -0.356 e. The largest absolute Gasteiger partial charge is 0.356 e. The van der Waals surface area contributed by atoms with Gasteiger partial charge in [-0.1, -0.05) is 36.3 Å². The predicted octanol–water partition coefficient (Wildman–Crippen LogP) is 3.33. The standard InChI is InChI=1S/C15H18N2O/c1-2-11-5-7-12(8-6-11)15-10-14(17-18-15)13-4-3-9-16-13/h5-8,10,13,16H,2-4,9H2,1H3.